The van der Waals surface area contributed by atoms with E-state index in [2.05, 4.69) is 13.8 Å². The van der Waals surface area contributed by atoms with Gasteiger partial charge in [-0.2, -0.15) is 23.5 Å². The lowest BCUT2D eigenvalue weighted by atomic mass is 10.3. The highest BCUT2D eigenvalue weighted by molar-refractivity contribution is 8.02. The van der Waals surface area contributed by atoms with Gasteiger partial charge in [0, 0.05) is 36.2 Å². The summed E-state index contributed by atoms with van der Waals surface area (Å²) in [5, 5.41) is 0. The van der Waals surface area contributed by atoms with Gasteiger partial charge in [-0.1, -0.05) is 26.7 Å². The number of unbranched alkanes of at least 4 members (excludes halogenated alkanes) is 2. The Morgan fingerprint density at radius 2 is 1.27 bits per heavy atom. The molecule has 1 heterocycles. The van der Waals surface area contributed by atoms with Crippen LogP contribution in [0.5, 0.6) is 0 Å². The highest BCUT2D eigenvalue weighted by Crippen LogP contribution is 2.15. The van der Waals surface area contributed by atoms with E-state index in [0.717, 1.165) is 37.2 Å². The average molecular weight is 409 g/mol. The van der Waals surface area contributed by atoms with E-state index in [1.165, 1.54) is 0 Å². The number of ether oxygens (including phenoxy) is 4. The largest absolute Gasteiger partial charge is 0.451 e. The van der Waals surface area contributed by atoms with Crippen molar-refractivity contribution in [2.75, 3.05) is 49.4 Å². The van der Waals surface area contributed by atoms with Crippen LogP contribution in [-0.2, 0) is 28.5 Å². The first-order valence-electron chi connectivity index (χ1n) is 9.39. The van der Waals surface area contributed by atoms with E-state index < -0.39 is 24.1 Å². The Morgan fingerprint density at radius 1 is 0.846 bits per heavy atom. The van der Waals surface area contributed by atoms with Crippen LogP contribution in [-0.4, -0.2) is 73.6 Å². The SMILES string of the molecule is CCCCOCC1CSCCSCC(COCCCC)OC(=O)C(=O)O1. The quantitative estimate of drug-likeness (QED) is 0.310. The molecule has 0 aromatic carbocycles. The number of carbonyl (C=O) groups is 2. The first-order chi connectivity index (χ1) is 12.7. The van der Waals surface area contributed by atoms with Gasteiger partial charge in [-0.3, -0.25) is 0 Å². The van der Waals surface area contributed by atoms with Gasteiger partial charge in [-0.05, 0) is 12.8 Å². The predicted octanol–water partition coefficient (Wildman–Crippen LogP) is 2.92. The Kier molecular flexibility index (Phi) is 14.2. The van der Waals surface area contributed by atoms with Crippen molar-refractivity contribution >= 4 is 35.5 Å². The van der Waals surface area contributed by atoms with E-state index in [9.17, 15) is 9.59 Å². The second kappa shape index (κ2) is 15.6. The Hall–Kier alpha value is -0.440. The highest BCUT2D eigenvalue weighted by atomic mass is 32.2. The number of thioether (sulfide) groups is 2. The summed E-state index contributed by atoms with van der Waals surface area (Å²) in [5.41, 5.74) is 0. The lowest BCUT2D eigenvalue weighted by Crippen LogP contribution is -2.35. The fourth-order valence-corrected chi connectivity index (χ4v) is 4.23. The molecule has 1 saturated heterocycles. The molecule has 152 valence electrons. The van der Waals surface area contributed by atoms with Crippen LogP contribution in [0.1, 0.15) is 39.5 Å². The minimum absolute atomic E-state index is 0.308. The number of cyclic esters (lactones) is 2. The molecule has 0 bridgehead atoms. The summed E-state index contributed by atoms with van der Waals surface area (Å²) in [4.78, 5) is 24.1. The number of carbonyl (C=O) groups excluding carboxylic acids is 2. The highest BCUT2D eigenvalue weighted by Gasteiger charge is 2.26. The molecule has 1 rings (SSSR count). The number of hydrogen-bond donors (Lipinski definition) is 0. The number of hydrogen-bond acceptors (Lipinski definition) is 8. The second-order valence-corrected chi connectivity index (χ2v) is 8.36. The molecule has 26 heavy (non-hydrogen) atoms. The Labute approximate surface area is 165 Å². The number of esters is 2. The zero-order chi connectivity index (χ0) is 19.0. The van der Waals surface area contributed by atoms with Gasteiger partial charge in [0.05, 0.1) is 13.2 Å². The lowest BCUT2D eigenvalue weighted by molar-refractivity contribution is -0.175. The molecule has 1 aliphatic rings. The van der Waals surface area contributed by atoms with Gasteiger partial charge < -0.3 is 18.9 Å². The van der Waals surface area contributed by atoms with Crippen LogP contribution in [0.3, 0.4) is 0 Å². The maximum absolute atomic E-state index is 12.0. The van der Waals surface area contributed by atoms with Gasteiger partial charge in [-0.25, -0.2) is 9.59 Å². The van der Waals surface area contributed by atoms with Gasteiger partial charge in [-0.15, -0.1) is 0 Å². The molecule has 2 atom stereocenters. The molecule has 0 aromatic heterocycles. The summed E-state index contributed by atoms with van der Waals surface area (Å²) in [7, 11) is 0. The van der Waals surface area contributed by atoms with Crippen molar-refractivity contribution in [1.82, 2.24) is 0 Å². The summed E-state index contributed by atoms with van der Waals surface area (Å²) >= 11 is 3.41. The summed E-state index contributed by atoms with van der Waals surface area (Å²) in [6, 6.07) is 0. The fourth-order valence-electron chi connectivity index (χ4n) is 2.10. The van der Waals surface area contributed by atoms with Crippen LogP contribution in [0.4, 0.5) is 0 Å². The van der Waals surface area contributed by atoms with E-state index in [1.54, 1.807) is 23.5 Å². The summed E-state index contributed by atoms with van der Waals surface area (Å²) in [6.07, 6.45) is 3.16. The van der Waals surface area contributed by atoms with Gasteiger partial charge in [0.15, 0.2) is 0 Å². The maximum Gasteiger partial charge on any atom is 0.417 e. The van der Waals surface area contributed by atoms with Crippen LogP contribution in [0.25, 0.3) is 0 Å². The minimum Gasteiger partial charge on any atom is -0.451 e. The van der Waals surface area contributed by atoms with Crippen molar-refractivity contribution in [2.45, 2.75) is 51.7 Å². The van der Waals surface area contributed by atoms with Crippen molar-refractivity contribution < 1.29 is 28.5 Å². The zero-order valence-corrected chi connectivity index (χ0v) is 17.5. The number of rotatable bonds is 10. The average Bonchev–Trinajstić information content (AvgIpc) is 2.63. The van der Waals surface area contributed by atoms with Crippen LogP contribution in [0.15, 0.2) is 0 Å². The first-order valence-corrected chi connectivity index (χ1v) is 11.7. The third kappa shape index (κ3) is 11.3. The van der Waals surface area contributed by atoms with Crippen molar-refractivity contribution in [1.29, 1.82) is 0 Å². The van der Waals surface area contributed by atoms with Gasteiger partial charge >= 0.3 is 11.9 Å². The van der Waals surface area contributed by atoms with Crippen LogP contribution in [0.2, 0.25) is 0 Å². The van der Waals surface area contributed by atoms with Crippen molar-refractivity contribution in [3.63, 3.8) is 0 Å². The van der Waals surface area contributed by atoms with Gasteiger partial charge in [0.2, 0.25) is 0 Å². The minimum atomic E-state index is -0.946. The van der Waals surface area contributed by atoms with Gasteiger partial charge in [0.25, 0.3) is 0 Å². The molecule has 2 unspecified atom stereocenters. The Morgan fingerprint density at radius 3 is 1.65 bits per heavy atom. The molecule has 1 aliphatic heterocycles. The summed E-state index contributed by atoms with van der Waals surface area (Å²) in [5.74, 6) is 1.25. The lowest BCUT2D eigenvalue weighted by Gasteiger charge is -2.21. The molecule has 1 fully saturated rings. The van der Waals surface area contributed by atoms with E-state index in [0.29, 0.717) is 37.9 Å². The third-order valence-corrected chi connectivity index (χ3v) is 6.04. The van der Waals surface area contributed by atoms with E-state index in [4.69, 9.17) is 18.9 Å². The Balaban J connectivity index is 2.50. The molecule has 0 aromatic rings. The standard InChI is InChI=1S/C18H32O6S2/c1-3-5-7-21-11-15-13-25-9-10-26-14-16(12-22-8-6-4-2)24-18(20)17(19)23-15/h15-16H,3-14H2,1-2H3. The first kappa shape index (κ1) is 23.6. The normalized spacial score (nSPS) is 22.8. The third-order valence-electron chi connectivity index (χ3n) is 3.59. The van der Waals surface area contributed by atoms with Crippen LogP contribution < -0.4 is 0 Å². The molecule has 0 N–H and O–H groups in total. The van der Waals surface area contributed by atoms with E-state index >= 15 is 0 Å². The van der Waals surface area contributed by atoms with Crippen molar-refractivity contribution in [2.24, 2.45) is 0 Å². The van der Waals surface area contributed by atoms with Crippen LogP contribution >= 0.6 is 23.5 Å². The molecule has 6 nitrogen and oxygen atoms in total. The summed E-state index contributed by atoms with van der Waals surface area (Å²) < 4.78 is 21.7. The van der Waals surface area contributed by atoms with E-state index in [-0.39, 0.29) is 0 Å². The van der Waals surface area contributed by atoms with Crippen molar-refractivity contribution in [3.05, 3.63) is 0 Å². The molecular weight excluding hydrogens is 376 g/mol. The maximum atomic E-state index is 12.0. The molecule has 0 amide bonds. The predicted molar refractivity (Wildman–Crippen MR) is 106 cm³/mol. The molecule has 0 radical (unpaired) electrons. The molecule has 8 heteroatoms. The topological polar surface area (TPSA) is 71.1 Å². The zero-order valence-electron chi connectivity index (χ0n) is 15.9. The molecule has 0 saturated carbocycles. The fraction of sp³-hybridized carbons (Fsp3) is 0.889. The molecular formula is C18H32O6S2. The molecule has 0 aliphatic carbocycles. The smallest absolute Gasteiger partial charge is 0.417 e. The summed E-state index contributed by atoms with van der Waals surface area (Å²) in [6.45, 7) is 6.06. The molecule has 0 spiro atoms. The van der Waals surface area contributed by atoms with Gasteiger partial charge in [0.1, 0.15) is 12.2 Å². The Bertz CT molecular complexity index is 354. The van der Waals surface area contributed by atoms with Crippen molar-refractivity contribution in [3.8, 4) is 0 Å². The van der Waals surface area contributed by atoms with Crippen LogP contribution in [0, 0.1) is 0 Å². The van der Waals surface area contributed by atoms with E-state index in [1.807, 2.05) is 0 Å². The monoisotopic (exact) mass is 408 g/mol. The second-order valence-electron chi connectivity index (χ2n) is 6.06.